The van der Waals surface area contributed by atoms with Crippen molar-refractivity contribution in [3.8, 4) is 0 Å². The number of carbonyl (C=O) groups is 3. The normalized spacial score (nSPS) is 24.5. The number of imide groups is 1. The van der Waals surface area contributed by atoms with Crippen LogP contribution in [0.25, 0.3) is 10.8 Å². The van der Waals surface area contributed by atoms with Gasteiger partial charge in [0.05, 0.1) is 17.8 Å². The van der Waals surface area contributed by atoms with Gasteiger partial charge in [0.2, 0.25) is 0 Å². The molecular weight excluding hydrogens is 525 g/mol. The lowest BCUT2D eigenvalue weighted by atomic mass is 10.0. The van der Waals surface area contributed by atoms with E-state index in [1.807, 2.05) is 0 Å². The Morgan fingerprint density at radius 3 is 2.11 bits per heavy atom. The van der Waals surface area contributed by atoms with Gasteiger partial charge in [-0.05, 0) is 17.9 Å². The van der Waals surface area contributed by atoms with E-state index in [0.717, 1.165) is 9.80 Å². The number of alkyl halides is 9. The van der Waals surface area contributed by atoms with Crippen molar-refractivity contribution >= 4 is 34.3 Å². The number of hydrogen-bond acceptors (Lipinski definition) is 3. The van der Waals surface area contributed by atoms with E-state index in [-0.39, 0.29) is 17.0 Å². The maximum atomic E-state index is 14.3. The topological polar surface area (TPSA) is 60.9 Å². The summed E-state index contributed by atoms with van der Waals surface area (Å²) in [5.41, 5.74) is 0.126. The van der Waals surface area contributed by atoms with E-state index in [1.165, 1.54) is 12.1 Å². The smallest absolute Gasteiger partial charge is 0.330 e. The number of hydrogen-bond donors (Lipinski definition) is 0. The van der Waals surface area contributed by atoms with Gasteiger partial charge in [-0.15, -0.1) is 0 Å². The van der Waals surface area contributed by atoms with Crippen LogP contribution in [-0.2, 0) is 9.59 Å². The molecule has 3 aliphatic rings. The minimum Gasteiger partial charge on any atom is -0.330 e. The lowest BCUT2D eigenvalue weighted by Gasteiger charge is -2.39. The first-order chi connectivity index (χ1) is 17.0. The maximum absolute atomic E-state index is 14.3. The molecule has 3 heterocycles. The number of halogens is 9. The Balaban J connectivity index is 1.47. The Kier molecular flexibility index (Phi) is 5.10. The summed E-state index contributed by atoms with van der Waals surface area (Å²) in [6.07, 6.45) is -7.40. The molecular formula is C22H14F9N3O3. The maximum Gasteiger partial charge on any atom is 0.460 e. The second kappa shape index (κ2) is 7.51. The average molecular weight is 539 g/mol. The number of benzene rings is 2. The lowest BCUT2D eigenvalue weighted by molar-refractivity contribution is -0.389. The highest BCUT2D eigenvalue weighted by molar-refractivity contribution is 6.25. The summed E-state index contributed by atoms with van der Waals surface area (Å²) in [5.74, 6) is -24.8. The standard InChI is InChI=1S/C22H14F9N3O3/c23-19(24,20(25,26)21(27,28)22(29,30)31)17(36)32-9-11-8-14(32)15-16(35)34(18(37)33(11)15)13-7-3-5-10-4-1-2-6-12(10)13/h1-7,11,14-15H,8-9H2/t11-,14-,15-/m0/s1. The van der Waals surface area contributed by atoms with Gasteiger partial charge in [0.1, 0.15) is 6.04 Å². The average Bonchev–Trinajstić information content (AvgIpc) is 3.48. The molecule has 2 bridgehead atoms. The SMILES string of the molecule is O=C1[C@@H]2[C@@H]3C[C@@H](CN3C(=O)C(F)(F)C(F)(F)C(F)(F)C(F)(F)F)N2C(=O)N1c1cccc2ccccc12. The van der Waals surface area contributed by atoms with Gasteiger partial charge >= 0.3 is 30.0 Å². The molecule has 6 nitrogen and oxygen atoms in total. The van der Waals surface area contributed by atoms with E-state index >= 15 is 0 Å². The van der Waals surface area contributed by atoms with Crippen LogP contribution in [0.1, 0.15) is 6.42 Å². The number of carbonyl (C=O) groups excluding carboxylic acids is 3. The molecule has 0 unspecified atom stereocenters. The predicted octanol–water partition coefficient (Wildman–Crippen LogP) is 4.43. The third-order valence-corrected chi connectivity index (χ3v) is 6.95. The fourth-order valence-corrected chi connectivity index (χ4v) is 5.21. The number of likely N-dealkylation sites (tertiary alicyclic amines) is 1. The van der Waals surface area contributed by atoms with Crippen LogP contribution in [0.15, 0.2) is 42.5 Å². The van der Waals surface area contributed by atoms with Crippen molar-refractivity contribution in [2.75, 3.05) is 11.4 Å². The molecule has 0 saturated carbocycles. The van der Waals surface area contributed by atoms with Crippen LogP contribution < -0.4 is 4.90 Å². The molecule has 0 aliphatic carbocycles. The van der Waals surface area contributed by atoms with Crippen molar-refractivity contribution in [1.29, 1.82) is 0 Å². The zero-order chi connectivity index (χ0) is 27.3. The Morgan fingerprint density at radius 1 is 0.838 bits per heavy atom. The molecule has 0 N–H and O–H groups in total. The van der Waals surface area contributed by atoms with Crippen molar-refractivity contribution in [3.05, 3.63) is 42.5 Å². The van der Waals surface area contributed by atoms with Gasteiger partial charge in [0, 0.05) is 11.9 Å². The summed E-state index contributed by atoms with van der Waals surface area (Å²) in [7, 11) is 0. The van der Waals surface area contributed by atoms with Crippen molar-refractivity contribution in [2.24, 2.45) is 0 Å². The van der Waals surface area contributed by atoms with Gasteiger partial charge in [0.15, 0.2) is 0 Å². The summed E-state index contributed by atoms with van der Waals surface area (Å²) in [5, 5.41) is 1.11. The summed E-state index contributed by atoms with van der Waals surface area (Å²) in [6.45, 7) is -0.855. The highest BCUT2D eigenvalue weighted by Gasteiger charge is 2.84. The number of urea groups is 1. The Hall–Kier alpha value is -3.52. The molecule has 0 spiro atoms. The number of nitrogens with zero attached hydrogens (tertiary/aromatic N) is 3. The first-order valence-corrected chi connectivity index (χ1v) is 10.7. The molecule has 3 saturated heterocycles. The van der Waals surface area contributed by atoms with E-state index < -0.39 is 66.5 Å². The van der Waals surface area contributed by atoms with Crippen LogP contribution in [-0.4, -0.2) is 76.3 Å². The van der Waals surface area contributed by atoms with Crippen LogP contribution in [0.3, 0.4) is 0 Å². The highest BCUT2D eigenvalue weighted by atomic mass is 19.4. The molecule has 4 amide bonds. The number of anilines is 1. The molecule has 15 heteroatoms. The number of fused-ring (bicyclic) bond motifs is 6. The number of amides is 4. The van der Waals surface area contributed by atoms with E-state index in [4.69, 9.17) is 0 Å². The zero-order valence-electron chi connectivity index (χ0n) is 18.2. The van der Waals surface area contributed by atoms with Gasteiger partial charge in [-0.2, -0.15) is 39.5 Å². The lowest BCUT2D eigenvalue weighted by Crippen LogP contribution is -2.67. The molecule has 0 radical (unpaired) electrons. The second-order valence-corrected chi connectivity index (χ2v) is 8.94. The molecule has 37 heavy (non-hydrogen) atoms. The van der Waals surface area contributed by atoms with Crippen LogP contribution in [0, 0.1) is 0 Å². The molecule has 3 atom stereocenters. The minimum atomic E-state index is -7.23. The van der Waals surface area contributed by atoms with E-state index in [9.17, 15) is 53.9 Å². The van der Waals surface area contributed by atoms with Gasteiger partial charge < -0.3 is 9.80 Å². The van der Waals surface area contributed by atoms with Crippen molar-refractivity contribution in [3.63, 3.8) is 0 Å². The summed E-state index contributed by atoms with van der Waals surface area (Å²) < 4.78 is 120. The van der Waals surface area contributed by atoms with E-state index in [1.54, 1.807) is 30.3 Å². The fourth-order valence-electron chi connectivity index (χ4n) is 5.21. The summed E-state index contributed by atoms with van der Waals surface area (Å²) in [4.78, 5) is 40.5. The molecule has 3 fully saturated rings. The largest absolute Gasteiger partial charge is 0.460 e. The molecule has 2 aromatic rings. The quantitative estimate of drug-likeness (QED) is 0.427. The number of rotatable bonds is 4. The van der Waals surface area contributed by atoms with Gasteiger partial charge in [-0.25, -0.2) is 9.69 Å². The number of piperazine rings is 1. The first kappa shape index (κ1) is 25.1. The molecule has 0 aromatic heterocycles. The minimum absolute atomic E-state index is 0.00994. The molecule has 198 valence electrons. The van der Waals surface area contributed by atoms with Gasteiger partial charge in [-0.3, -0.25) is 9.59 Å². The summed E-state index contributed by atoms with van der Waals surface area (Å²) >= 11 is 0. The Morgan fingerprint density at radius 2 is 1.46 bits per heavy atom. The van der Waals surface area contributed by atoms with Crippen molar-refractivity contribution in [1.82, 2.24) is 9.80 Å². The molecule has 5 rings (SSSR count). The van der Waals surface area contributed by atoms with Crippen molar-refractivity contribution < 1.29 is 53.9 Å². The van der Waals surface area contributed by atoms with Crippen LogP contribution >= 0.6 is 0 Å². The zero-order valence-corrected chi connectivity index (χ0v) is 18.2. The van der Waals surface area contributed by atoms with Gasteiger partial charge in [0.25, 0.3) is 11.8 Å². The Labute approximate surface area is 201 Å². The monoisotopic (exact) mass is 539 g/mol. The van der Waals surface area contributed by atoms with Crippen molar-refractivity contribution in [2.45, 2.75) is 48.5 Å². The van der Waals surface area contributed by atoms with Crippen LogP contribution in [0.4, 0.5) is 50.0 Å². The predicted molar refractivity (Wildman–Crippen MR) is 107 cm³/mol. The third-order valence-electron chi connectivity index (χ3n) is 6.95. The van der Waals surface area contributed by atoms with E-state index in [0.29, 0.717) is 10.8 Å². The molecule has 3 aliphatic heterocycles. The first-order valence-electron chi connectivity index (χ1n) is 10.7. The highest BCUT2D eigenvalue weighted by Crippen LogP contribution is 2.54. The fraction of sp³-hybridized carbons (Fsp3) is 0.409. The Bertz CT molecular complexity index is 1320. The van der Waals surface area contributed by atoms with E-state index in [2.05, 4.69) is 0 Å². The molecule has 2 aromatic carbocycles. The van der Waals surface area contributed by atoms with Gasteiger partial charge in [-0.1, -0.05) is 36.4 Å². The second-order valence-electron chi connectivity index (χ2n) is 8.94. The van der Waals surface area contributed by atoms with Crippen LogP contribution in [0.2, 0.25) is 0 Å². The van der Waals surface area contributed by atoms with Crippen LogP contribution in [0.5, 0.6) is 0 Å². The third kappa shape index (κ3) is 3.11. The summed E-state index contributed by atoms with van der Waals surface area (Å²) in [6, 6.07) is 6.03.